The molecular weight excluding hydrogens is 426 g/mol. The lowest BCUT2D eigenvalue weighted by molar-refractivity contribution is -0.147. The van der Waals surface area contributed by atoms with E-state index >= 15 is 0 Å². The molecule has 7 atom stereocenters. The van der Waals surface area contributed by atoms with Crippen molar-refractivity contribution < 1.29 is 19.5 Å². The molecule has 0 aliphatic carbocycles. The van der Waals surface area contributed by atoms with Gasteiger partial charge in [-0.25, -0.2) is 0 Å². The van der Waals surface area contributed by atoms with E-state index in [-0.39, 0.29) is 35.6 Å². The molecule has 32 heavy (non-hydrogen) atoms. The van der Waals surface area contributed by atoms with E-state index in [2.05, 4.69) is 13.8 Å². The first kappa shape index (κ1) is 23.4. The lowest BCUT2D eigenvalue weighted by Gasteiger charge is -2.39. The fourth-order valence-corrected chi connectivity index (χ4v) is 7.99. The molecule has 4 heterocycles. The van der Waals surface area contributed by atoms with E-state index in [1.165, 1.54) is 0 Å². The maximum absolute atomic E-state index is 14.1. The van der Waals surface area contributed by atoms with Crippen molar-refractivity contribution in [3.63, 3.8) is 0 Å². The van der Waals surface area contributed by atoms with Gasteiger partial charge in [-0.05, 0) is 19.8 Å². The molecule has 0 aromatic rings. The van der Waals surface area contributed by atoms with E-state index in [4.69, 9.17) is 0 Å². The minimum absolute atomic E-state index is 0.0401. The van der Waals surface area contributed by atoms with Gasteiger partial charge < -0.3 is 19.8 Å². The lowest BCUT2D eigenvalue weighted by Crippen LogP contribution is -2.57. The monoisotopic (exact) mass is 461 g/mol. The Bertz CT molecular complexity index is 841. The molecule has 2 fully saturated rings. The number of likely N-dealkylation sites (N-methyl/N-ethyl adjacent to an activating group) is 1. The predicted molar refractivity (Wildman–Crippen MR) is 125 cm³/mol. The summed E-state index contributed by atoms with van der Waals surface area (Å²) < 4.78 is -0.801. The number of carbonyl (C=O) groups is 3. The molecule has 1 spiro atoms. The first-order chi connectivity index (χ1) is 15.3. The Morgan fingerprint density at radius 3 is 2.56 bits per heavy atom. The molecule has 0 aromatic carbocycles. The number of aliphatic hydroxyl groups is 1. The summed E-state index contributed by atoms with van der Waals surface area (Å²) in [6, 6.07) is -1.09. The van der Waals surface area contributed by atoms with Crippen LogP contribution in [0.25, 0.3) is 0 Å². The van der Waals surface area contributed by atoms with Crippen LogP contribution in [0.5, 0.6) is 0 Å². The maximum atomic E-state index is 14.1. The molecule has 4 rings (SSSR count). The van der Waals surface area contributed by atoms with Crippen LogP contribution in [0.4, 0.5) is 0 Å². The van der Waals surface area contributed by atoms with Gasteiger partial charge in [0, 0.05) is 31.4 Å². The molecule has 7 nitrogen and oxygen atoms in total. The molecule has 4 aliphatic rings. The van der Waals surface area contributed by atoms with Gasteiger partial charge in [0.15, 0.2) is 0 Å². The maximum Gasteiger partial charge on any atom is 0.247 e. The van der Waals surface area contributed by atoms with Crippen LogP contribution in [0, 0.1) is 11.8 Å². The average Bonchev–Trinajstić information content (AvgIpc) is 3.09. The fourth-order valence-electron chi connectivity index (χ4n) is 6.00. The van der Waals surface area contributed by atoms with Crippen LogP contribution in [0.3, 0.4) is 0 Å². The molecule has 176 valence electrons. The van der Waals surface area contributed by atoms with E-state index in [1.807, 2.05) is 36.1 Å². The molecule has 1 N–H and O–H groups in total. The summed E-state index contributed by atoms with van der Waals surface area (Å²) in [7, 11) is 1.77. The Morgan fingerprint density at radius 2 is 1.91 bits per heavy atom. The van der Waals surface area contributed by atoms with Crippen LogP contribution in [-0.4, -0.2) is 92.4 Å². The van der Waals surface area contributed by atoms with Gasteiger partial charge in [0.1, 0.15) is 6.04 Å². The summed E-state index contributed by atoms with van der Waals surface area (Å²) in [6.45, 7) is 6.91. The highest BCUT2D eigenvalue weighted by Gasteiger charge is 2.71. The zero-order chi connectivity index (χ0) is 23.2. The average molecular weight is 462 g/mol. The summed E-state index contributed by atoms with van der Waals surface area (Å²) in [5.41, 5.74) is 0. The quantitative estimate of drug-likeness (QED) is 0.609. The van der Waals surface area contributed by atoms with Crippen molar-refractivity contribution in [2.75, 3.05) is 26.7 Å². The zero-order valence-electron chi connectivity index (χ0n) is 19.4. The Morgan fingerprint density at radius 1 is 1.16 bits per heavy atom. The number of nitrogens with zero attached hydrogens (tertiary/aromatic N) is 3. The summed E-state index contributed by atoms with van der Waals surface area (Å²) in [6.07, 6.45) is 10.5. The largest absolute Gasteiger partial charge is 0.394 e. The van der Waals surface area contributed by atoms with Crippen LogP contribution < -0.4 is 0 Å². The molecule has 0 aromatic heterocycles. The Hall–Kier alpha value is -1.80. The van der Waals surface area contributed by atoms with E-state index in [9.17, 15) is 19.5 Å². The third kappa shape index (κ3) is 3.33. The van der Waals surface area contributed by atoms with E-state index < -0.39 is 28.7 Å². The highest BCUT2D eigenvalue weighted by atomic mass is 32.2. The standard InChI is InChI=1S/C24H35N3O4S/c1-5-9-15(3)26-13-8-11-24-19(18-17(32-24)10-7-12-25(4)21(18)29)22(30)27(16(6-2)14-28)20(24)23(26)31/h7-8,10-11,15-20,28H,5-6,9,12-14H2,1-4H3/t15?,16-,17-,18+,19-,20?,24-/m0/s1. The van der Waals surface area contributed by atoms with Crippen molar-refractivity contribution in [2.24, 2.45) is 11.8 Å². The predicted octanol–water partition coefficient (Wildman–Crippen LogP) is 1.67. The molecular formula is C24H35N3O4S. The van der Waals surface area contributed by atoms with Crippen LogP contribution >= 0.6 is 11.8 Å². The normalized spacial score (nSPS) is 36.0. The summed E-state index contributed by atoms with van der Waals surface area (Å²) >= 11 is 1.59. The van der Waals surface area contributed by atoms with Crippen LogP contribution in [-0.2, 0) is 14.4 Å². The first-order valence-electron chi connectivity index (χ1n) is 11.8. The Kier molecular flexibility index (Phi) is 6.47. The summed E-state index contributed by atoms with van der Waals surface area (Å²) in [4.78, 5) is 46.6. The molecule has 0 bridgehead atoms. The fraction of sp³-hybridized carbons (Fsp3) is 0.708. The molecule has 2 saturated heterocycles. The second-order valence-corrected chi connectivity index (χ2v) is 11.0. The second-order valence-electron chi connectivity index (χ2n) is 9.51. The number of rotatable bonds is 6. The highest BCUT2D eigenvalue weighted by molar-refractivity contribution is 8.02. The Balaban J connectivity index is 1.85. The molecule has 2 unspecified atom stereocenters. The van der Waals surface area contributed by atoms with Crippen molar-refractivity contribution in [3.8, 4) is 0 Å². The van der Waals surface area contributed by atoms with Gasteiger partial charge in [-0.3, -0.25) is 14.4 Å². The highest BCUT2D eigenvalue weighted by Crippen LogP contribution is 2.61. The van der Waals surface area contributed by atoms with Crippen LogP contribution in [0.2, 0.25) is 0 Å². The van der Waals surface area contributed by atoms with Crippen molar-refractivity contribution >= 4 is 29.5 Å². The van der Waals surface area contributed by atoms with E-state index in [0.717, 1.165) is 12.8 Å². The number of thioether (sulfide) groups is 1. The molecule has 8 heteroatoms. The third-order valence-corrected chi connectivity index (χ3v) is 9.39. The van der Waals surface area contributed by atoms with Crippen molar-refractivity contribution in [1.82, 2.24) is 14.7 Å². The second kappa shape index (κ2) is 8.86. The van der Waals surface area contributed by atoms with Gasteiger partial charge in [-0.1, -0.05) is 44.6 Å². The minimum Gasteiger partial charge on any atom is -0.394 e. The SMILES string of the molecule is CCCC(C)N1CC=C[C@]23S[C@H]4C=CCN(C)C(=O)[C@H]4[C@H]2C(=O)N([C@@H](CC)CO)C3C1=O. The van der Waals surface area contributed by atoms with Crippen molar-refractivity contribution in [2.45, 2.75) is 68.2 Å². The van der Waals surface area contributed by atoms with Gasteiger partial charge in [0.25, 0.3) is 0 Å². The number of amides is 3. The zero-order valence-corrected chi connectivity index (χ0v) is 20.3. The van der Waals surface area contributed by atoms with Gasteiger partial charge >= 0.3 is 0 Å². The van der Waals surface area contributed by atoms with Crippen LogP contribution in [0.15, 0.2) is 24.3 Å². The smallest absolute Gasteiger partial charge is 0.247 e. The first-order valence-corrected chi connectivity index (χ1v) is 12.7. The van der Waals surface area contributed by atoms with Gasteiger partial charge in [0.2, 0.25) is 17.7 Å². The topological polar surface area (TPSA) is 81.2 Å². The molecule has 0 radical (unpaired) electrons. The number of aliphatic hydroxyl groups excluding tert-OH is 1. The summed E-state index contributed by atoms with van der Waals surface area (Å²) in [5, 5.41) is 9.97. The molecule has 4 aliphatic heterocycles. The number of fused-ring (bicyclic) bond motifs is 2. The van der Waals surface area contributed by atoms with Gasteiger partial charge in [0.05, 0.1) is 29.2 Å². The van der Waals surface area contributed by atoms with E-state index in [1.54, 1.807) is 28.6 Å². The Labute approximate surface area is 194 Å². The number of hydrogen-bond acceptors (Lipinski definition) is 5. The van der Waals surface area contributed by atoms with E-state index in [0.29, 0.717) is 19.5 Å². The molecule has 3 amide bonds. The number of hydrogen-bond donors (Lipinski definition) is 1. The van der Waals surface area contributed by atoms with Crippen LogP contribution in [0.1, 0.15) is 40.0 Å². The van der Waals surface area contributed by atoms with Crippen molar-refractivity contribution in [1.29, 1.82) is 0 Å². The lowest BCUT2D eigenvalue weighted by atomic mass is 9.78. The number of likely N-dealkylation sites (tertiary alicyclic amines) is 1. The summed E-state index contributed by atoms with van der Waals surface area (Å²) in [5.74, 6) is -1.38. The minimum atomic E-state index is -0.801. The van der Waals surface area contributed by atoms with Gasteiger partial charge in [-0.2, -0.15) is 0 Å². The third-order valence-electron chi connectivity index (χ3n) is 7.64. The van der Waals surface area contributed by atoms with Gasteiger partial charge in [-0.15, -0.1) is 11.8 Å². The van der Waals surface area contributed by atoms with Crippen molar-refractivity contribution in [3.05, 3.63) is 24.3 Å². The molecule has 0 saturated carbocycles. The number of carbonyl (C=O) groups excluding carboxylic acids is 3.